The summed E-state index contributed by atoms with van der Waals surface area (Å²) in [4.78, 5) is 2.53. The molecule has 1 aliphatic heterocycles. The first-order valence-electron chi connectivity index (χ1n) is 10.4. The number of nitrogen functional groups attached to an aromatic ring is 1. The summed E-state index contributed by atoms with van der Waals surface area (Å²) in [5, 5.41) is 0. The molecule has 0 aromatic heterocycles. The summed E-state index contributed by atoms with van der Waals surface area (Å²) in [6.07, 6.45) is 6.72. The predicted octanol–water partition coefficient (Wildman–Crippen LogP) is 6.27. The zero-order chi connectivity index (χ0) is 19.6. The second-order valence-corrected chi connectivity index (χ2v) is 7.96. The molecular weight excluding hydrogens is 388 g/mol. The summed E-state index contributed by atoms with van der Waals surface area (Å²) < 4.78 is 0. The first-order valence-corrected chi connectivity index (χ1v) is 10.4. The molecule has 5 rings (SSSR count). The molecule has 0 atom stereocenters. The molecule has 30 heavy (non-hydrogen) atoms. The van der Waals surface area contributed by atoms with E-state index in [0.717, 1.165) is 38.2 Å². The van der Waals surface area contributed by atoms with Crippen molar-refractivity contribution in [2.45, 2.75) is 19.4 Å². The van der Waals surface area contributed by atoms with Gasteiger partial charge in [0.15, 0.2) is 0 Å². The van der Waals surface area contributed by atoms with E-state index in [0.29, 0.717) is 0 Å². The van der Waals surface area contributed by atoms with E-state index in [9.17, 15) is 0 Å². The highest BCUT2D eigenvalue weighted by molar-refractivity contribution is 5.94. The van der Waals surface area contributed by atoms with Crippen LogP contribution in [0.2, 0.25) is 0 Å². The largest absolute Gasteiger partial charge is 0.398 e. The molecule has 1 aliphatic carbocycles. The van der Waals surface area contributed by atoms with Crippen LogP contribution >= 0.6 is 12.4 Å². The lowest BCUT2D eigenvalue weighted by molar-refractivity contribution is 0.249. The van der Waals surface area contributed by atoms with E-state index in [4.69, 9.17) is 5.73 Å². The quantitative estimate of drug-likeness (QED) is 0.391. The van der Waals surface area contributed by atoms with Crippen molar-refractivity contribution in [3.8, 4) is 0 Å². The molecular formula is C27H27ClN2. The molecule has 152 valence electrons. The summed E-state index contributed by atoms with van der Waals surface area (Å²) in [6, 6.07) is 25.8. The van der Waals surface area contributed by atoms with Gasteiger partial charge in [0.05, 0.1) is 0 Å². The monoisotopic (exact) mass is 414 g/mol. The molecule has 0 radical (unpaired) electrons. The summed E-state index contributed by atoms with van der Waals surface area (Å²) in [5.41, 5.74) is 16.7. The summed E-state index contributed by atoms with van der Waals surface area (Å²) >= 11 is 0. The number of nitrogens with two attached hydrogens (primary N) is 1. The van der Waals surface area contributed by atoms with Crippen LogP contribution in [-0.4, -0.2) is 18.0 Å². The minimum atomic E-state index is 0. The van der Waals surface area contributed by atoms with Crippen LogP contribution in [-0.2, 0) is 6.54 Å². The van der Waals surface area contributed by atoms with Crippen molar-refractivity contribution < 1.29 is 0 Å². The van der Waals surface area contributed by atoms with Gasteiger partial charge in [-0.3, -0.25) is 4.90 Å². The minimum absolute atomic E-state index is 0. The Morgan fingerprint density at radius 2 is 1.23 bits per heavy atom. The lowest BCUT2D eigenvalue weighted by Gasteiger charge is -2.31. The van der Waals surface area contributed by atoms with Crippen molar-refractivity contribution in [1.29, 1.82) is 0 Å². The second-order valence-electron chi connectivity index (χ2n) is 7.96. The Bertz CT molecular complexity index is 1050. The average molecular weight is 415 g/mol. The first-order chi connectivity index (χ1) is 14.3. The standard InChI is InChI=1S/C27H26N2.ClH/c28-26-12-6-3-9-23(26)19-29-17-15-22(16-18-29)27-24-10-4-1-7-20(24)13-14-21-8-2-5-11-25(21)27;/h1-14H,15-19,28H2;1H. The van der Waals surface area contributed by atoms with Gasteiger partial charge in [-0.15, -0.1) is 12.4 Å². The highest BCUT2D eigenvalue weighted by atomic mass is 35.5. The van der Waals surface area contributed by atoms with E-state index >= 15 is 0 Å². The minimum Gasteiger partial charge on any atom is -0.398 e. The number of hydrogen-bond acceptors (Lipinski definition) is 2. The number of para-hydroxylation sites is 1. The second kappa shape index (κ2) is 8.91. The maximum atomic E-state index is 6.16. The lowest BCUT2D eigenvalue weighted by atomic mass is 9.86. The lowest BCUT2D eigenvalue weighted by Crippen LogP contribution is -2.31. The van der Waals surface area contributed by atoms with E-state index in [1.165, 1.54) is 33.4 Å². The number of hydrogen-bond donors (Lipinski definition) is 1. The molecule has 1 fully saturated rings. The van der Waals surface area contributed by atoms with Gasteiger partial charge in [0.1, 0.15) is 0 Å². The maximum absolute atomic E-state index is 6.16. The van der Waals surface area contributed by atoms with Crippen LogP contribution in [0, 0.1) is 0 Å². The van der Waals surface area contributed by atoms with E-state index < -0.39 is 0 Å². The molecule has 0 spiro atoms. The van der Waals surface area contributed by atoms with Gasteiger partial charge >= 0.3 is 0 Å². The Morgan fingerprint density at radius 3 is 1.83 bits per heavy atom. The topological polar surface area (TPSA) is 29.3 Å². The van der Waals surface area contributed by atoms with Gasteiger partial charge in [-0.1, -0.05) is 84.5 Å². The van der Waals surface area contributed by atoms with Gasteiger partial charge in [0.25, 0.3) is 0 Å². The van der Waals surface area contributed by atoms with E-state index in [2.05, 4.69) is 77.7 Å². The summed E-state index contributed by atoms with van der Waals surface area (Å²) in [7, 11) is 0. The van der Waals surface area contributed by atoms with Gasteiger partial charge in [-0.2, -0.15) is 0 Å². The molecule has 3 heteroatoms. The van der Waals surface area contributed by atoms with Gasteiger partial charge in [-0.25, -0.2) is 0 Å². The SMILES string of the molecule is Cl.Nc1ccccc1CN1CCC(=C2c3ccccc3C=Cc3ccccc32)CC1. The number of halogens is 1. The Balaban J connectivity index is 0.00000218. The van der Waals surface area contributed by atoms with Crippen molar-refractivity contribution in [2.75, 3.05) is 18.8 Å². The number of piperidine rings is 1. The highest BCUT2D eigenvalue weighted by Crippen LogP contribution is 2.38. The van der Waals surface area contributed by atoms with Crippen molar-refractivity contribution in [3.63, 3.8) is 0 Å². The number of likely N-dealkylation sites (tertiary alicyclic amines) is 1. The number of fused-ring (bicyclic) bond motifs is 2. The molecule has 2 nitrogen and oxygen atoms in total. The van der Waals surface area contributed by atoms with Crippen molar-refractivity contribution >= 4 is 35.8 Å². The zero-order valence-electron chi connectivity index (χ0n) is 17.1. The number of rotatable bonds is 2. The van der Waals surface area contributed by atoms with Gasteiger partial charge in [0.2, 0.25) is 0 Å². The third-order valence-electron chi connectivity index (χ3n) is 6.16. The molecule has 0 saturated carbocycles. The molecule has 3 aromatic carbocycles. The molecule has 1 heterocycles. The normalized spacial score (nSPS) is 15.7. The summed E-state index contributed by atoms with van der Waals surface area (Å²) in [5.74, 6) is 0. The van der Waals surface area contributed by atoms with Crippen LogP contribution in [0.15, 0.2) is 78.4 Å². The van der Waals surface area contributed by atoms with Crippen LogP contribution in [0.5, 0.6) is 0 Å². The Hall–Kier alpha value is -2.81. The number of benzene rings is 3. The molecule has 3 aromatic rings. The third-order valence-corrected chi connectivity index (χ3v) is 6.16. The Kier molecular flexibility index (Phi) is 6.08. The van der Waals surface area contributed by atoms with Gasteiger partial charge in [-0.05, 0) is 52.3 Å². The molecule has 1 saturated heterocycles. The smallest absolute Gasteiger partial charge is 0.0359 e. The molecule has 0 amide bonds. The molecule has 2 aliphatic rings. The fourth-order valence-electron chi connectivity index (χ4n) is 4.60. The third kappa shape index (κ3) is 3.94. The van der Waals surface area contributed by atoms with Gasteiger partial charge < -0.3 is 5.73 Å². The fraction of sp³-hybridized carbons (Fsp3) is 0.185. The van der Waals surface area contributed by atoms with Gasteiger partial charge in [0, 0.05) is 25.3 Å². The van der Waals surface area contributed by atoms with E-state index in [-0.39, 0.29) is 12.4 Å². The van der Waals surface area contributed by atoms with Crippen LogP contribution in [0.4, 0.5) is 5.69 Å². The molecule has 2 N–H and O–H groups in total. The van der Waals surface area contributed by atoms with Crippen molar-refractivity contribution in [1.82, 2.24) is 4.90 Å². The van der Waals surface area contributed by atoms with Crippen LogP contribution < -0.4 is 5.73 Å². The van der Waals surface area contributed by atoms with Crippen LogP contribution in [0.25, 0.3) is 17.7 Å². The van der Waals surface area contributed by atoms with Crippen LogP contribution in [0.3, 0.4) is 0 Å². The first kappa shape index (κ1) is 20.5. The fourth-order valence-corrected chi connectivity index (χ4v) is 4.60. The number of anilines is 1. The van der Waals surface area contributed by atoms with E-state index in [1.54, 1.807) is 5.57 Å². The van der Waals surface area contributed by atoms with E-state index in [1.807, 2.05) is 12.1 Å². The van der Waals surface area contributed by atoms with Crippen LogP contribution in [0.1, 0.15) is 40.7 Å². The average Bonchev–Trinajstić information content (AvgIpc) is 2.93. The highest BCUT2D eigenvalue weighted by Gasteiger charge is 2.22. The predicted molar refractivity (Wildman–Crippen MR) is 130 cm³/mol. The van der Waals surface area contributed by atoms with Crippen molar-refractivity contribution in [2.24, 2.45) is 0 Å². The number of nitrogens with zero attached hydrogens (tertiary/aromatic N) is 1. The maximum Gasteiger partial charge on any atom is 0.0359 e. The van der Waals surface area contributed by atoms with Crippen molar-refractivity contribution in [3.05, 3.63) is 106 Å². The Labute approximate surface area is 185 Å². The molecule has 0 bridgehead atoms. The summed E-state index contributed by atoms with van der Waals surface area (Å²) in [6.45, 7) is 3.08. The molecule has 0 unspecified atom stereocenters. The zero-order valence-corrected chi connectivity index (χ0v) is 17.9. The Morgan fingerprint density at radius 1 is 0.700 bits per heavy atom.